The zero-order valence-corrected chi connectivity index (χ0v) is 15.6. The summed E-state index contributed by atoms with van der Waals surface area (Å²) in [5.74, 6) is -2.24. The zero-order valence-electron chi connectivity index (χ0n) is 15.6. The number of ether oxygens (including phenoxy) is 1. The second-order valence-corrected chi connectivity index (χ2v) is 5.84. The van der Waals surface area contributed by atoms with Gasteiger partial charge in [0.25, 0.3) is 5.91 Å². The number of anilines is 1. The van der Waals surface area contributed by atoms with Crippen LogP contribution in [0.3, 0.4) is 0 Å². The van der Waals surface area contributed by atoms with Crippen LogP contribution in [0.1, 0.15) is 21.5 Å². The molecule has 148 valence electrons. The molecule has 0 atom stereocenters. The van der Waals surface area contributed by atoms with Crippen molar-refractivity contribution in [3.63, 3.8) is 0 Å². The van der Waals surface area contributed by atoms with Crippen LogP contribution in [0.5, 0.6) is 5.75 Å². The number of oxime groups is 1. The number of nitrogens with one attached hydrogen (secondary N) is 1. The summed E-state index contributed by atoms with van der Waals surface area (Å²) < 4.78 is 32.2. The maximum Gasteiger partial charge on any atom is 0.259 e. The second kappa shape index (κ2) is 8.92. The molecule has 0 unspecified atom stereocenters. The maximum absolute atomic E-state index is 13.8. The second-order valence-electron chi connectivity index (χ2n) is 5.84. The number of pyridine rings is 1. The molecular weight excluding hydrogens is 380 g/mol. The van der Waals surface area contributed by atoms with Crippen molar-refractivity contribution in [3.8, 4) is 5.75 Å². The molecule has 29 heavy (non-hydrogen) atoms. The van der Waals surface area contributed by atoms with Gasteiger partial charge in [-0.25, -0.2) is 13.8 Å². The molecule has 1 aromatic heterocycles. The lowest BCUT2D eigenvalue weighted by Gasteiger charge is -2.09. The summed E-state index contributed by atoms with van der Waals surface area (Å²) in [7, 11) is 3.00. The molecule has 3 aromatic rings. The van der Waals surface area contributed by atoms with Gasteiger partial charge in [0.2, 0.25) is 0 Å². The number of nitrogens with zero attached hydrogens (tertiary/aromatic N) is 2. The highest BCUT2D eigenvalue weighted by atomic mass is 19.2. The van der Waals surface area contributed by atoms with Crippen molar-refractivity contribution in [2.24, 2.45) is 5.16 Å². The van der Waals surface area contributed by atoms with Gasteiger partial charge in [0, 0.05) is 17.3 Å². The molecular formula is C21H17F2N3O3. The standard InChI is InChI=1S/C21H17F2N3O3/c1-28-15-9-6-13(7-10-15)20(26-29-2)14-8-11-18(24-12-14)25-21(27)16-4-3-5-17(22)19(16)23/h3-12H,1-2H3,(H,24,25,27)/b26-20-. The molecule has 0 radical (unpaired) electrons. The average molecular weight is 397 g/mol. The minimum atomic E-state index is -1.21. The molecule has 0 bridgehead atoms. The number of hydrogen-bond acceptors (Lipinski definition) is 5. The van der Waals surface area contributed by atoms with E-state index in [-0.39, 0.29) is 5.82 Å². The van der Waals surface area contributed by atoms with Gasteiger partial charge in [0.1, 0.15) is 24.4 Å². The van der Waals surface area contributed by atoms with Crippen LogP contribution in [0.2, 0.25) is 0 Å². The quantitative estimate of drug-likeness (QED) is 0.504. The van der Waals surface area contributed by atoms with Crippen LogP contribution < -0.4 is 10.1 Å². The van der Waals surface area contributed by atoms with Crippen molar-refractivity contribution in [3.05, 3.63) is 89.1 Å². The summed E-state index contributed by atoms with van der Waals surface area (Å²) in [4.78, 5) is 21.3. The minimum Gasteiger partial charge on any atom is -0.497 e. The number of hydrogen-bond donors (Lipinski definition) is 1. The fraction of sp³-hybridized carbons (Fsp3) is 0.0952. The van der Waals surface area contributed by atoms with Crippen molar-refractivity contribution < 1.29 is 23.1 Å². The fourth-order valence-corrected chi connectivity index (χ4v) is 2.58. The zero-order chi connectivity index (χ0) is 20.8. The Kier molecular flexibility index (Phi) is 6.13. The molecule has 1 amide bonds. The van der Waals surface area contributed by atoms with Gasteiger partial charge in [-0.05, 0) is 48.5 Å². The SMILES string of the molecule is CO/N=C(/c1ccc(OC)cc1)c1ccc(NC(=O)c2cccc(F)c2F)nc1. The first kappa shape index (κ1) is 19.9. The third-order valence-electron chi connectivity index (χ3n) is 4.02. The third-order valence-corrected chi connectivity index (χ3v) is 4.02. The normalized spacial score (nSPS) is 11.1. The lowest BCUT2D eigenvalue weighted by atomic mass is 10.0. The van der Waals surface area contributed by atoms with E-state index < -0.39 is 23.1 Å². The summed E-state index contributed by atoms with van der Waals surface area (Å²) in [6.07, 6.45) is 1.49. The van der Waals surface area contributed by atoms with E-state index in [0.29, 0.717) is 17.0 Å². The minimum absolute atomic E-state index is 0.175. The Bertz CT molecular complexity index is 1040. The Morgan fingerprint density at radius 2 is 1.72 bits per heavy atom. The Morgan fingerprint density at radius 3 is 2.34 bits per heavy atom. The first-order chi connectivity index (χ1) is 14.0. The van der Waals surface area contributed by atoms with Gasteiger partial charge < -0.3 is 14.9 Å². The van der Waals surface area contributed by atoms with E-state index in [4.69, 9.17) is 9.57 Å². The summed E-state index contributed by atoms with van der Waals surface area (Å²) in [5.41, 5.74) is 1.52. The van der Waals surface area contributed by atoms with E-state index in [1.807, 2.05) is 12.1 Å². The highest BCUT2D eigenvalue weighted by molar-refractivity contribution is 6.12. The number of carbonyl (C=O) groups is 1. The highest BCUT2D eigenvalue weighted by Gasteiger charge is 2.16. The van der Waals surface area contributed by atoms with Crippen molar-refractivity contribution in [1.82, 2.24) is 4.98 Å². The molecule has 2 aromatic carbocycles. The van der Waals surface area contributed by atoms with Crippen molar-refractivity contribution >= 4 is 17.4 Å². The number of rotatable bonds is 6. The molecule has 0 saturated carbocycles. The molecule has 0 saturated heterocycles. The molecule has 8 heteroatoms. The Labute approximate surface area is 165 Å². The van der Waals surface area contributed by atoms with Gasteiger partial charge in [-0.1, -0.05) is 11.2 Å². The monoisotopic (exact) mass is 397 g/mol. The van der Waals surface area contributed by atoms with Crippen LogP contribution in [0.4, 0.5) is 14.6 Å². The average Bonchev–Trinajstić information content (AvgIpc) is 2.75. The first-order valence-electron chi connectivity index (χ1n) is 8.51. The molecule has 6 nitrogen and oxygen atoms in total. The van der Waals surface area contributed by atoms with Crippen LogP contribution in [-0.2, 0) is 4.84 Å². The summed E-state index contributed by atoms with van der Waals surface area (Å²) in [6, 6.07) is 13.8. The van der Waals surface area contributed by atoms with Crippen LogP contribution in [-0.4, -0.2) is 30.8 Å². The van der Waals surface area contributed by atoms with E-state index in [1.165, 1.54) is 31.5 Å². The first-order valence-corrected chi connectivity index (χ1v) is 8.51. The Morgan fingerprint density at radius 1 is 1.00 bits per heavy atom. The Balaban J connectivity index is 1.81. The number of benzene rings is 2. The summed E-state index contributed by atoms with van der Waals surface area (Å²) >= 11 is 0. The summed E-state index contributed by atoms with van der Waals surface area (Å²) in [6.45, 7) is 0. The van der Waals surface area contributed by atoms with Crippen molar-refractivity contribution in [1.29, 1.82) is 0 Å². The van der Waals surface area contributed by atoms with E-state index >= 15 is 0 Å². The number of aromatic nitrogens is 1. The molecule has 3 rings (SSSR count). The highest BCUT2D eigenvalue weighted by Crippen LogP contribution is 2.18. The number of amides is 1. The molecule has 0 aliphatic rings. The lowest BCUT2D eigenvalue weighted by molar-refractivity contribution is 0.102. The van der Waals surface area contributed by atoms with Gasteiger partial charge in [-0.3, -0.25) is 4.79 Å². The molecule has 1 heterocycles. The predicted octanol–water partition coefficient (Wildman–Crippen LogP) is 4.02. The van der Waals surface area contributed by atoms with Gasteiger partial charge in [-0.15, -0.1) is 0 Å². The molecule has 0 spiro atoms. The van der Waals surface area contributed by atoms with E-state index in [2.05, 4.69) is 15.5 Å². The predicted molar refractivity (Wildman–Crippen MR) is 104 cm³/mol. The van der Waals surface area contributed by atoms with E-state index in [0.717, 1.165) is 11.6 Å². The topological polar surface area (TPSA) is 72.8 Å². The van der Waals surface area contributed by atoms with Crippen LogP contribution in [0.25, 0.3) is 0 Å². The van der Waals surface area contributed by atoms with Crippen LogP contribution >= 0.6 is 0 Å². The lowest BCUT2D eigenvalue weighted by Crippen LogP contribution is -2.15. The van der Waals surface area contributed by atoms with Gasteiger partial charge in [0.05, 0.1) is 12.7 Å². The van der Waals surface area contributed by atoms with E-state index in [9.17, 15) is 13.6 Å². The molecule has 0 aliphatic heterocycles. The van der Waals surface area contributed by atoms with Gasteiger partial charge in [0.15, 0.2) is 11.6 Å². The van der Waals surface area contributed by atoms with Crippen molar-refractivity contribution in [2.75, 3.05) is 19.5 Å². The van der Waals surface area contributed by atoms with Crippen LogP contribution in [0, 0.1) is 11.6 Å². The smallest absolute Gasteiger partial charge is 0.259 e. The number of methoxy groups -OCH3 is 1. The molecule has 1 N–H and O–H groups in total. The maximum atomic E-state index is 13.8. The Hall–Kier alpha value is -3.81. The molecule has 0 aliphatic carbocycles. The van der Waals surface area contributed by atoms with Crippen molar-refractivity contribution in [2.45, 2.75) is 0 Å². The van der Waals surface area contributed by atoms with E-state index in [1.54, 1.807) is 25.3 Å². The van der Waals surface area contributed by atoms with Gasteiger partial charge >= 0.3 is 0 Å². The van der Waals surface area contributed by atoms with Gasteiger partial charge in [-0.2, -0.15) is 0 Å². The molecule has 0 fully saturated rings. The fourth-order valence-electron chi connectivity index (χ4n) is 2.58. The number of halogens is 2. The number of carbonyl (C=O) groups excluding carboxylic acids is 1. The largest absolute Gasteiger partial charge is 0.497 e. The third kappa shape index (κ3) is 4.55. The summed E-state index contributed by atoms with van der Waals surface area (Å²) in [5, 5.41) is 6.47. The van der Waals surface area contributed by atoms with Crippen LogP contribution in [0.15, 0.2) is 65.9 Å².